The van der Waals surface area contributed by atoms with Crippen molar-refractivity contribution in [1.29, 1.82) is 0 Å². The summed E-state index contributed by atoms with van der Waals surface area (Å²) in [7, 11) is 0. The normalized spacial score (nSPS) is 13.4. The second-order valence-corrected chi connectivity index (χ2v) is 33.4. The summed E-state index contributed by atoms with van der Waals surface area (Å²) in [4.78, 5) is 39.3. The predicted octanol–water partition coefficient (Wildman–Crippen LogP) is 27.7. The molecule has 0 saturated carbocycles. The van der Waals surface area contributed by atoms with Gasteiger partial charge in [0, 0.05) is 71.0 Å². The molecule has 0 aliphatic carbocycles. The van der Waals surface area contributed by atoms with E-state index in [1.807, 2.05) is 68.0 Å². The minimum atomic E-state index is -0.223. The summed E-state index contributed by atoms with van der Waals surface area (Å²) in [6.07, 6.45) is 35.8. The van der Waals surface area contributed by atoms with Crippen LogP contribution in [0.15, 0.2) is 107 Å². The molecule has 0 spiro atoms. The maximum atomic E-state index is 15.6. The first kappa shape index (κ1) is 65.2. The highest BCUT2D eigenvalue weighted by atomic mass is 32.1. The van der Waals surface area contributed by atoms with E-state index in [4.69, 9.17) is 0 Å². The highest BCUT2D eigenvalue weighted by molar-refractivity contribution is 7.36. The Hall–Kier alpha value is -4.28. The van der Waals surface area contributed by atoms with Gasteiger partial charge in [0.05, 0.1) is 29.6 Å². The summed E-state index contributed by atoms with van der Waals surface area (Å²) in [5.74, 6) is 0.861. The standard InChI is InChI=1S/C80H98O2S6/c1-9-13-17-21-23-27-33-40-53(39-31-25-19-15-11-3)65-73(63-48-47-61(83-63)62-49-50-64(84-62)79(5,6)55-43-35-29-36-44-55)87-76-67-69(81)57-51-60-58(52-59(57)71(67)85-74(65)76)70(82)68-72(60)86-75-66(78(88-77(68)75)80(7,8)56-45-37-30-38-46-56)54(41-32-26-20-16-12-4)42-34-28-24-22-18-14-10-2/h29-30,35-38,43-54H,9-28,31-34,39-42H2,1-8H3. The molecule has 11 rings (SSSR count). The molecule has 2 atom stereocenters. The molecule has 0 bridgehead atoms. The Morgan fingerprint density at radius 1 is 0.341 bits per heavy atom. The zero-order valence-corrected chi connectivity index (χ0v) is 59.4. The number of rotatable bonds is 36. The van der Waals surface area contributed by atoms with Crippen LogP contribution in [0, 0.1) is 0 Å². The molecule has 88 heavy (non-hydrogen) atoms. The predicted molar refractivity (Wildman–Crippen MR) is 399 cm³/mol. The van der Waals surface area contributed by atoms with E-state index in [0.29, 0.717) is 11.8 Å². The van der Waals surface area contributed by atoms with E-state index >= 15 is 9.59 Å². The Morgan fingerprint density at radius 3 is 1.20 bits per heavy atom. The quantitative estimate of drug-likeness (QED) is 0.0367. The van der Waals surface area contributed by atoms with E-state index in [1.54, 1.807) is 0 Å². The molecule has 0 aliphatic rings. The fourth-order valence-electron chi connectivity index (χ4n) is 14.6. The number of hydrogen-bond acceptors (Lipinski definition) is 8. The molecule has 466 valence electrons. The SMILES string of the molecule is CCCCCCCCCC(CCCCCCC)c1c(-c2ccc(-c3ccc(C(C)(C)c4ccccc4)s3)s2)sc2c1sc1c3cc4c(=O)c5c6sc(C(C)(C)c7ccccc7)c(C(CCCCCCC)CCCCCCCCC)c6sc5c4cc3c(=O)c21. The first-order valence-corrected chi connectivity index (χ1v) is 39.6. The van der Waals surface area contributed by atoms with E-state index in [-0.39, 0.29) is 21.7 Å². The minimum Gasteiger partial charge on any atom is -0.288 e. The Labute approximate surface area is 550 Å². The van der Waals surface area contributed by atoms with E-state index in [9.17, 15) is 0 Å². The molecule has 11 aromatic rings. The lowest BCUT2D eigenvalue weighted by Crippen LogP contribution is -2.20. The van der Waals surface area contributed by atoms with Gasteiger partial charge in [0.25, 0.3) is 0 Å². The first-order chi connectivity index (χ1) is 42.9. The summed E-state index contributed by atoms with van der Waals surface area (Å²) in [6, 6.07) is 35.9. The maximum absolute atomic E-state index is 15.6. The molecule has 0 N–H and O–H groups in total. The van der Waals surface area contributed by atoms with Gasteiger partial charge < -0.3 is 0 Å². The summed E-state index contributed by atoms with van der Waals surface area (Å²) >= 11 is 11.4. The number of hydrogen-bond donors (Lipinski definition) is 0. The van der Waals surface area contributed by atoms with Crippen molar-refractivity contribution in [2.75, 3.05) is 0 Å². The summed E-state index contributed by atoms with van der Waals surface area (Å²) in [5, 5.41) is 5.30. The van der Waals surface area contributed by atoms with Crippen molar-refractivity contribution in [3.63, 3.8) is 0 Å². The van der Waals surface area contributed by atoms with Crippen molar-refractivity contribution in [3.8, 4) is 19.5 Å². The van der Waals surface area contributed by atoms with Crippen molar-refractivity contribution in [3.05, 3.63) is 150 Å². The van der Waals surface area contributed by atoms with Crippen molar-refractivity contribution in [2.45, 2.75) is 258 Å². The van der Waals surface area contributed by atoms with Crippen LogP contribution >= 0.6 is 68.0 Å². The average molecular weight is 1280 g/mol. The molecule has 5 aromatic carbocycles. The molecule has 6 heterocycles. The van der Waals surface area contributed by atoms with Crippen LogP contribution in [-0.2, 0) is 10.8 Å². The zero-order chi connectivity index (χ0) is 61.4. The number of fused-ring (bicyclic) bond motifs is 10. The van der Waals surface area contributed by atoms with Gasteiger partial charge in [-0.15, -0.1) is 68.0 Å². The third-order valence-electron chi connectivity index (χ3n) is 20.0. The number of thiophene rings is 6. The van der Waals surface area contributed by atoms with Gasteiger partial charge in [0.1, 0.15) is 0 Å². The van der Waals surface area contributed by atoms with Crippen LogP contribution in [0.3, 0.4) is 0 Å². The number of benzene rings is 3. The molecule has 0 amide bonds. The Morgan fingerprint density at radius 2 is 0.727 bits per heavy atom. The maximum Gasteiger partial charge on any atom is 0.196 e. The van der Waals surface area contributed by atoms with Gasteiger partial charge in [-0.25, -0.2) is 0 Å². The molecule has 2 nitrogen and oxygen atoms in total. The van der Waals surface area contributed by atoms with Gasteiger partial charge >= 0.3 is 0 Å². The molecule has 2 unspecified atom stereocenters. The lowest BCUT2D eigenvalue weighted by Gasteiger charge is -2.29. The molecule has 0 aliphatic heterocycles. The lowest BCUT2D eigenvalue weighted by atomic mass is 9.77. The van der Waals surface area contributed by atoms with Gasteiger partial charge in [-0.3, -0.25) is 9.59 Å². The van der Waals surface area contributed by atoms with Gasteiger partial charge in [-0.2, -0.15) is 0 Å². The molecular weight excluding hydrogens is 1190 g/mol. The van der Waals surface area contributed by atoms with Crippen LogP contribution in [0.1, 0.15) is 279 Å². The third-order valence-corrected chi connectivity index (χ3v) is 28.4. The Balaban J connectivity index is 1.03. The highest BCUT2D eigenvalue weighted by Crippen LogP contribution is 2.56. The fraction of sp³-hybridized carbons (Fsp3) is 0.500. The van der Waals surface area contributed by atoms with Crippen LogP contribution < -0.4 is 10.9 Å². The third kappa shape index (κ3) is 13.6. The van der Waals surface area contributed by atoms with Crippen molar-refractivity contribution in [1.82, 2.24) is 0 Å². The Bertz CT molecular complexity index is 4120. The fourth-order valence-corrected chi connectivity index (χ4v) is 23.2. The van der Waals surface area contributed by atoms with E-state index < -0.39 is 0 Å². The molecule has 8 heteroatoms. The average Bonchev–Trinajstić information content (AvgIpc) is 1.55. The van der Waals surface area contributed by atoms with E-state index in [0.717, 1.165) is 41.7 Å². The molecule has 6 aromatic heterocycles. The van der Waals surface area contributed by atoms with Crippen LogP contribution in [0.5, 0.6) is 0 Å². The second-order valence-electron chi connectivity index (χ2n) is 27.1. The molecule has 0 radical (unpaired) electrons. The van der Waals surface area contributed by atoms with Crippen molar-refractivity contribution >= 4 is 129 Å². The summed E-state index contributed by atoms with van der Waals surface area (Å²) in [5.41, 5.74) is 5.66. The summed E-state index contributed by atoms with van der Waals surface area (Å²) in [6.45, 7) is 18.8. The topological polar surface area (TPSA) is 34.1 Å². The van der Waals surface area contributed by atoms with Gasteiger partial charge in [-0.1, -0.05) is 270 Å². The van der Waals surface area contributed by atoms with Crippen LogP contribution in [0.25, 0.3) is 80.0 Å². The van der Waals surface area contributed by atoms with Crippen molar-refractivity contribution in [2.24, 2.45) is 0 Å². The number of unbranched alkanes of at least 4 members (excludes halogenated alkanes) is 20. The van der Waals surface area contributed by atoms with Crippen molar-refractivity contribution < 1.29 is 0 Å². The first-order valence-electron chi connectivity index (χ1n) is 34.7. The summed E-state index contributed by atoms with van der Waals surface area (Å²) < 4.78 is 7.18. The highest BCUT2D eigenvalue weighted by Gasteiger charge is 2.36. The Kier molecular flexibility index (Phi) is 22.2. The van der Waals surface area contributed by atoms with Gasteiger partial charge in [0.15, 0.2) is 10.9 Å². The van der Waals surface area contributed by atoms with E-state index in [2.05, 4.69) is 152 Å². The van der Waals surface area contributed by atoms with Crippen LogP contribution in [-0.4, -0.2) is 0 Å². The van der Waals surface area contributed by atoms with Crippen LogP contribution in [0.2, 0.25) is 0 Å². The van der Waals surface area contributed by atoms with Crippen LogP contribution in [0.4, 0.5) is 0 Å². The molecule has 0 saturated heterocycles. The largest absolute Gasteiger partial charge is 0.288 e. The lowest BCUT2D eigenvalue weighted by molar-refractivity contribution is 0.483. The smallest absolute Gasteiger partial charge is 0.196 e. The molecular formula is C80H98O2S6. The van der Waals surface area contributed by atoms with E-state index in [1.165, 1.54) is 250 Å². The van der Waals surface area contributed by atoms with Gasteiger partial charge in [-0.05, 0) is 96.2 Å². The minimum absolute atomic E-state index is 0.0902. The van der Waals surface area contributed by atoms with Gasteiger partial charge in [0.2, 0.25) is 0 Å². The second kappa shape index (κ2) is 30.0. The molecule has 0 fully saturated rings. The zero-order valence-electron chi connectivity index (χ0n) is 54.5. The monoisotopic (exact) mass is 1280 g/mol.